The van der Waals surface area contributed by atoms with Crippen LogP contribution in [0.15, 0.2) is 54.9 Å². The molecule has 2 aromatic carbocycles. The maximum Gasteiger partial charge on any atom is 0.410 e. The minimum absolute atomic E-state index is 0.0395. The number of pyridine rings is 1. The zero-order chi connectivity index (χ0) is 33.9. The molecule has 1 aliphatic rings. The molecule has 1 N–H and O–H groups in total. The first-order valence-corrected chi connectivity index (χ1v) is 17.3. The van der Waals surface area contributed by atoms with Crippen molar-refractivity contribution >= 4 is 32.7 Å². The number of hydrogen-bond acceptors (Lipinski definition) is 9. The van der Waals surface area contributed by atoms with Gasteiger partial charge >= 0.3 is 6.09 Å². The van der Waals surface area contributed by atoms with Crippen LogP contribution >= 0.6 is 0 Å². The van der Waals surface area contributed by atoms with Crippen molar-refractivity contribution in [3.8, 4) is 22.9 Å². The number of aryl methyl sites for hydroxylation is 1. The number of alkyl halides is 1. The molecule has 1 saturated heterocycles. The van der Waals surface area contributed by atoms with E-state index >= 15 is 4.39 Å². The van der Waals surface area contributed by atoms with Gasteiger partial charge < -0.3 is 19.7 Å². The summed E-state index contributed by atoms with van der Waals surface area (Å²) < 4.78 is 66.8. The number of nitrogens with zero attached hydrogens (tertiary/aromatic N) is 4. The second-order valence-electron chi connectivity index (χ2n) is 12.7. The molecule has 0 saturated carbocycles. The molecule has 0 radical (unpaired) electrons. The maximum absolute atomic E-state index is 15.0. The van der Waals surface area contributed by atoms with Gasteiger partial charge in [0.15, 0.2) is 9.84 Å². The second-order valence-corrected chi connectivity index (χ2v) is 14.9. The predicted octanol–water partition coefficient (Wildman–Crippen LogP) is 7.02. The number of fused-ring (bicyclic) bond motifs is 1. The summed E-state index contributed by atoms with van der Waals surface area (Å²) in [5.74, 6) is -0.203. The summed E-state index contributed by atoms with van der Waals surface area (Å²) in [6.07, 6.45) is 1.89. The number of nitrogens with one attached hydrogen (secondary N) is 1. The van der Waals surface area contributed by atoms with Crippen LogP contribution < -0.4 is 10.1 Å². The van der Waals surface area contributed by atoms with Crippen molar-refractivity contribution in [1.29, 1.82) is 0 Å². The lowest BCUT2D eigenvalue weighted by Crippen LogP contribution is -2.51. The van der Waals surface area contributed by atoms with Crippen LogP contribution in [0.2, 0.25) is 0 Å². The first kappa shape index (κ1) is 34.0. The lowest BCUT2D eigenvalue weighted by molar-refractivity contribution is 0.0124. The van der Waals surface area contributed by atoms with Crippen molar-refractivity contribution in [3.05, 3.63) is 71.8 Å². The average molecular weight is 668 g/mol. The zero-order valence-corrected chi connectivity index (χ0v) is 27.9. The van der Waals surface area contributed by atoms with Crippen LogP contribution in [0.1, 0.15) is 51.7 Å². The number of rotatable bonds is 9. The van der Waals surface area contributed by atoms with E-state index in [9.17, 15) is 17.6 Å². The summed E-state index contributed by atoms with van der Waals surface area (Å²) in [6.45, 7) is 9.04. The summed E-state index contributed by atoms with van der Waals surface area (Å²) in [5, 5.41) is 4.14. The second kappa shape index (κ2) is 13.8. The van der Waals surface area contributed by atoms with Crippen molar-refractivity contribution in [1.82, 2.24) is 19.9 Å². The van der Waals surface area contributed by atoms with Gasteiger partial charge in [0.05, 0.1) is 29.3 Å². The van der Waals surface area contributed by atoms with Gasteiger partial charge in [-0.25, -0.2) is 36.9 Å². The van der Waals surface area contributed by atoms with Crippen LogP contribution in [-0.2, 0) is 20.3 Å². The summed E-state index contributed by atoms with van der Waals surface area (Å²) >= 11 is 0. The van der Waals surface area contributed by atoms with Gasteiger partial charge in [0.25, 0.3) is 0 Å². The molecule has 0 unspecified atom stereocenters. The van der Waals surface area contributed by atoms with E-state index in [2.05, 4.69) is 20.3 Å². The van der Waals surface area contributed by atoms with Crippen LogP contribution in [0.3, 0.4) is 0 Å². The number of halogens is 2. The molecule has 250 valence electrons. The molecular formula is C34H39F2N5O5S. The standard InChI is InChI=1S/C34H39F2N5O5S/c1-6-16-47(43,44)20-27-24-10-9-21(2)30(25(24)11-12-28(27)36)45-31-26(8-7-14-37-31)29-13-15-38-32(40-29)39-23-17-22(35)18-41(19-23)33(42)46-34(3,4)5/h7-15,22-23H,6,16-20H2,1-5H3,(H,38,39,40)/t22-,23-/m1/s1. The van der Waals surface area contributed by atoms with E-state index in [1.54, 1.807) is 76.5 Å². The fraction of sp³-hybridized carbons (Fsp3) is 0.412. The minimum Gasteiger partial charge on any atom is -0.444 e. The number of amides is 1. The molecule has 0 spiro atoms. The molecule has 3 heterocycles. The lowest BCUT2D eigenvalue weighted by Gasteiger charge is -2.36. The molecule has 47 heavy (non-hydrogen) atoms. The monoisotopic (exact) mass is 667 g/mol. The topological polar surface area (TPSA) is 124 Å². The molecule has 10 nitrogen and oxygen atoms in total. The van der Waals surface area contributed by atoms with Gasteiger partial charge in [0, 0.05) is 42.4 Å². The quantitative estimate of drug-likeness (QED) is 0.201. The third-order valence-corrected chi connectivity index (χ3v) is 9.33. The fourth-order valence-electron chi connectivity index (χ4n) is 5.55. The number of hydrogen-bond donors (Lipinski definition) is 1. The number of carbonyl (C=O) groups excluding carboxylic acids is 1. The fourth-order valence-corrected chi connectivity index (χ4v) is 7.05. The van der Waals surface area contributed by atoms with Crippen molar-refractivity contribution in [3.63, 3.8) is 0 Å². The molecule has 1 fully saturated rings. The lowest BCUT2D eigenvalue weighted by atomic mass is 10.0. The number of anilines is 1. The zero-order valence-electron chi connectivity index (χ0n) is 27.1. The summed E-state index contributed by atoms with van der Waals surface area (Å²) in [7, 11) is -3.52. The Labute approximate surface area is 273 Å². The first-order chi connectivity index (χ1) is 22.2. The predicted molar refractivity (Wildman–Crippen MR) is 176 cm³/mol. The van der Waals surface area contributed by atoms with Crippen molar-refractivity contribution < 1.29 is 31.5 Å². The van der Waals surface area contributed by atoms with Crippen LogP contribution in [0.5, 0.6) is 11.6 Å². The Bertz CT molecular complexity index is 1880. The Hall–Kier alpha value is -4.39. The van der Waals surface area contributed by atoms with E-state index < -0.39 is 45.3 Å². The largest absolute Gasteiger partial charge is 0.444 e. The van der Waals surface area contributed by atoms with Gasteiger partial charge in [-0.15, -0.1) is 0 Å². The van der Waals surface area contributed by atoms with Gasteiger partial charge in [0.1, 0.15) is 23.3 Å². The Kier molecular flexibility index (Phi) is 9.94. The van der Waals surface area contributed by atoms with Crippen LogP contribution in [0.4, 0.5) is 19.5 Å². The number of sulfone groups is 1. The number of carbonyl (C=O) groups is 1. The van der Waals surface area contributed by atoms with Gasteiger partial charge in [-0.05, 0) is 75.4 Å². The summed E-state index contributed by atoms with van der Waals surface area (Å²) in [5.41, 5.74) is 1.13. The van der Waals surface area contributed by atoms with E-state index in [-0.39, 0.29) is 42.7 Å². The molecule has 0 bridgehead atoms. The van der Waals surface area contributed by atoms with Gasteiger partial charge in [-0.2, -0.15) is 0 Å². The SMILES string of the molecule is CCCS(=O)(=O)Cc1c(F)ccc2c(Oc3ncccc3-c3ccnc(N[C@@H]4C[C@@H](F)CN(C(=O)OC(C)(C)C)C4)n3)c(C)ccc12. The van der Waals surface area contributed by atoms with Gasteiger partial charge in [0.2, 0.25) is 11.8 Å². The average Bonchev–Trinajstić information content (AvgIpc) is 2.99. The Balaban J connectivity index is 1.42. The number of benzene rings is 2. The summed E-state index contributed by atoms with van der Waals surface area (Å²) in [4.78, 5) is 27.4. The van der Waals surface area contributed by atoms with Crippen LogP contribution in [-0.4, -0.2) is 71.0 Å². The third-order valence-electron chi connectivity index (χ3n) is 7.57. The molecule has 1 amide bonds. The van der Waals surface area contributed by atoms with E-state index in [1.807, 2.05) is 6.92 Å². The number of ether oxygens (including phenoxy) is 2. The van der Waals surface area contributed by atoms with Crippen LogP contribution in [0, 0.1) is 12.7 Å². The Morgan fingerprint density at radius 2 is 1.83 bits per heavy atom. The van der Waals surface area contributed by atoms with E-state index in [0.29, 0.717) is 34.2 Å². The summed E-state index contributed by atoms with van der Waals surface area (Å²) in [6, 6.07) is 11.0. The minimum atomic E-state index is -3.52. The first-order valence-electron chi connectivity index (χ1n) is 15.5. The van der Waals surface area contributed by atoms with E-state index in [1.165, 1.54) is 11.0 Å². The molecule has 2 atom stereocenters. The number of likely N-dealkylation sites (tertiary alicyclic amines) is 1. The third kappa shape index (κ3) is 8.31. The van der Waals surface area contributed by atoms with Crippen molar-refractivity contribution in [2.45, 2.75) is 71.0 Å². The molecule has 5 rings (SSSR count). The number of aromatic nitrogens is 3. The highest BCUT2D eigenvalue weighted by molar-refractivity contribution is 7.90. The smallest absolute Gasteiger partial charge is 0.410 e. The highest BCUT2D eigenvalue weighted by Gasteiger charge is 2.33. The van der Waals surface area contributed by atoms with E-state index in [0.717, 1.165) is 5.56 Å². The number of piperidine rings is 1. The molecule has 0 aliphatic carbocycles. The molecule has 1 aliphatic heterocycles. The van der Waals surface area contributed by atoms with Gasteiger partial charge in [-0.1, -0.05) is 19.1 Å². The molecule has 13 heteroatoms. The van der Waals surface area contributed by atoms with Crippen LogP contribution in [0.25, 0.3) is 22.0 Å². The highest BCUT2D eigenvalue weighted by Crippen LogP contribution is 2.38. The Morgan fingerprint density at radius 3 is 2.57 bits per heavy atom. The normalized spacial score (nSPS) is 17.0. The van der Waals surface area contributed by atoms with Crippen molar-refractivity contribution in [2.75, 3.05) is 24.2 Å². The molecule has 2 aromatic heterocycles. The van der Waals surface area contributed by atoms with E-state index in [4.69, 9.17) is 9.47 Å². The van der Waals surface area contributed by atoms with Crippen molar-refractivity contribution in [2.24, 2.45) is 0 Å². The molecular weight excluding hydrogens is 628 g/mol. The molecule has 4 aromatic rings. The highest BCUT2D eigenvalue weighted by atomic mass is 32.2. The van der Waals surface area contributed by atoms with Gasteiger partial charge in [-0.3, -0.25) is 0 Å². The Morgan fingerprint density at radius 1 is 1.06 bits per heavy atom. The maximum atomic E-state index is 15.0.